The molecule has 0 unspecified atom stereocenters. The van der Waals surface area contributed by atoms with Gasteiger partial charge in [-0.15, -0.1) is 0 Å². The fraction of sp³-hybridized carbons (Fsp3) is 0.934. The molecule has 135 heavy (non-hydrogen) atoms. The van der Waals surface area contributed by atoms with Crippen LogP contribution in [-0.4, -0.2) is 569 Å². The summed E-state index contributed by atoms with van der Waals surface area (Å²) in [6, 6.07) is -9.72. The number of aliphatic hydroxyl groups excluding tert-OH is 28. The fourth-order valence-electron chi connectivity index (χ4n) is 17.6. The van der Waals surface area contributed by atoms with Crippen LogP contribution in [0.1, 0.15) is 48.5 Å². The minimum absolute atomic E-state index is 0.863. The molecule has 11 fully saturated rings. The molecule has 0 aromatic heterocycles. The van der Waals surface area contributed by atoms with E-state index in [4.69, 9.17) is 99.5 Å². The summed E-state index contributed by atoms with van der Waals surface area (Å²) in [5.41, 5.74) is 0. The van der Waals surface area contributed by atoms with Gasteiger partial charge in [-0.2, -0.15) is 0 Å². The molecule has 59 nitrogen and oxygen atoms in total. The van der Waals surface area contributed by atoms with Gasteiger partial charge in [0.25, 0.3) is 0 Å². The monoisotopic (exact) mass is 1970 g/mol. The number of rotatable bonds is 34. The van der Waals surface area contributed by atoms with Gasteiger partial charge in [-0.05, 0) is 13.8 Å². The van der Waals surface area contributed by atoms with E-state index in [1.807, 2.05) is 0 Å². The Kier molecular flexibility index (Phi) is 39.5. The maximum absolute atomic E-state index is 13.7. The van der Waals surface area contributed by atoms with E-state index in [0.29, 0.717) is 0 Å². The third kappa shape index (κ3) is 24.7. The van der Waals surface area contributed by atoms with Crippen LogP contribution >= 0.6 is 0 Å². The Morgan fingerprint density at radius 1 is 0.207 bits per heavy atom. The topological polar surface area (TPSA) is 906 Å². The number of amides is 5. The smallest absolute Gasteiger partial charge is 0.217 e. The van der Waals surface area contributed by atoms with E-state index in [1.165, 1.54) is 13.8 Å². The van der Waals surface area contributed by atoms with Crippen LogP contribution < -0.4 is 26.6 Å². The predicted molar refractivity (Wildman–Crippen MR) is 417 cm³/mol. The molecule has 11 rings (SSSR count). The van der Waals surface area contributed by atoms with E-state index in [-0.39, 0.29) is 0 Å². The van der Waals surface area contributed by atoms with Crippen molar-refractivity contribution in [2.24, 2.45) is 0 Å². The fourth-order valence-corrected chi connectivity index (χ4v) is 17.6. The Labute approximate surface area is 765 Å². The van der Waals surface area contributed by atoms with Crippen molar-refractivity contribution in [1.29, 1.82) is 0 Å². The summed E-state index contributed by atoms with van der Waals surface area (Å²) in [5.74, 6) is -4.78. The molecule has 5 amide bonds. The quantitative estimate of drug-likeness (QED) is 0.0284. The third-order valence-electron chi connectivity index (χ3n) is 24.9. The first-order valence-electron chi connectivity index (χ1n) is 43.4. The highest BCUT2D eigenvalue weighted by atomic mass is 16.8. The number of hydrogen-bond acceptors (Lipinski definition) is 54. The summed E-state index contributed by atoms with van der Waals surface area (Å²) in [6.45, 7) is -3.13. The zero-order valence-corrected chi connectivity index (χ0v) is 73.3. The number of hydrogen-bond donors (Lipinski definition) is 33. The van der Waals surface area contributed by atoms with Gasteiger partial charge < -0.3 is 269 Å². The molecule has 11 aliphatic heterocycles. The molecule has 59 heteroatoms. The molecule has 780 valence electrons. The highest BCUT2D eigenvalue weighted by Crippen LogP contribution is 2.42. The maximum atomic E-state index is 13.7. The van der Waals surface area contributed by atoms with Gasteiger partial charge in [0.2, 0.25) is 29.5 Å². The van der Waals surface area contributed by atoms with Crippen molar-refractivity contribution in [3.63, 3.8) is 0 Å². The average Bonchev–Trinajstić information content (AvgIpc) is 0.761. The lowest BCUT2D eigenvalue weighted by Crippen LogP contribution is -2.72. The Hall–Kier alpha value is -4.61. The first-order valence-corrected chi connectivity index (χ1v) is 43.4. The summed E-state index contributed by atoms with van der Waals surface area (Å²) in [5, 5.41) is 328. The van der Waals surface area contributed by atoms with Crippen LogP contribution in [0.3, 0.4) is 0 Å². The van der Waals surface area contributed by atoms with E-state index in [1.54, 1.807) is 0 Å². The van der Waals surface area contributed by atoms with Gasteiger partial charge in [0.05, 0.1) is 71.7 Å². The van der Waals surface area contributed by atoms with E-state index in [0.717, 1.165) is 34.6 Å². The lowest BCUT2D eigenvalue weighted by Gasteiger charge is -2.52. The molecule has 55 atom stereocenters. The zero-order chi connectivity index (χ0) is 99.4. The second kappa shape index (κ2) is 48.2. The molecule has 0 saturated carbocycles. The predicted octanol–water partition coefficient (Wildman–Crippen LogP) is -22.2. The molecule has 0 radical (unpaired) electrons. The highest BCUT2D eigenvalue weighted by Gasteiger charge is 2.63. The first kappa shape index (κ1) is 111. The van der Waals surface area contributed by atoms with Gasteiger partial charge in [-0.3, -0.25) is 24.0 Å². The highest BCUT2D eigenvalue weighted by molar-refractivity contribution is 5.75. The molecular weight excluding hydrogens is 1850 g/mol. The van der Waals surface area contributed by atoms with E-state index >= 15 is 0 Å². The summed E-state index contributed by atoms with van der Waals surface area (Å²) in [7, 11) is 0. The number of carbonyl (C=O) groups excluding carboxylic acids is 5. The maximum Gasteiger partial charge on any atom is 0.217 e. The Morgan fingerprint density at radius 3 is 0.941 bits per heavy atom. The van der Waals surface area contributed by atoms with Gasteiger partial charge in [-0.1, -0.05) is 0 Å². The molecule has 0 bridgehead atoms. The molecule has 33 N–H and O–H groups in total. The third-order valence-corrected chi connectivity index (χ3v) is 24.9. The number of nitrogens with one attached hydrogen (secondary N) is 5. The van der Waals surface area contributed by atoms with Crippen molar-refractivity contribution in [3.05, 3.63) is 0 Å². The van der Waals surface area contributed by atoms with Crippen molar-refractivity contribution >= 4 is 29.5 Å². The number of aliphatic hydroxyl groups is 28. The molecule has 11 heterocycles. The van der Waals surface area contributed by atoms with Crippen LogP contribution in [0.15, 0.2) is 0 Å². The number of ether oxygens (including phenoxy) is 21. The minimum atomic E-state index is -2.70. The minimum Gasteiger partial charge on any atom is -0.394 e. The molecular formula is C76H127N5O54. The second-order valence-corrected chi connectivity index (χ2v) is 34.5. The zero-order valence-electron chi connectivity index (χ0n) is 73.3. The van der Waals surface area contributed by atoms with Crippen LogP contribution in [0.25, 0.3) is 0 Å². The molecule has 0 aromatic carbocycles. The van der Waals surface area contributed by atoms with Gasteiger partial charge in [-0.25, -0.2) is 0 Å². The average molecular weight is 1970 g/mol. The Bertz CT molecular complexity index is 3750. The largest absolute Gasteiger partial charge is 0.394 e. The van der Waals surface area contributed by atoms with E-state index in [9.17, 15) is 167 Å². The number of carbonyl (C=O) groups is 5. The SMILES string of the molecule is CC(=O)N[C@@H]1[C@@H](O)[C@H](O[C@@H]2O[C@H](CO)[C@@H](O[C@@H]3O[C@H](CO[C@H]4O[C@H](CO)[C@@H](O)[C@H](O)[C@@H]4O[C@@H]4O[C@H](CO)[C@@H](O[C@@H]5O[C@H](CO)[C@H](O)[C@H](O)[C@H]5O)[C@H](O)[C@H]4NC(C)=O)[C@@H](O)[C@H](O[C@H]4O[C@H](CO)[C@@H](O)[C@H](O)[C@@H]4O[C@@H]4O[C@H](CO)[C@@H](O[C@@H]5O[C@H](CO)[C@H](O)[C@H](O)[C@H]5NC(C)=O)[C@H](O[C@@H]5O[C@@H](C)[C@@H](O)[C@@H](O)[C@@H]5O)[C@H]4NC(C)=O)[C@@H]3O)[C@H](O)[C@H]2NC(C)=O)[C@@H](CO[C@@H]2O[C@@H](C)[C@@H](O)[C@@H](O)[C@@H]2O)O[C@H]1O. The summed E-state index contributed by atoms with van der Waals surface area (Å²) < 4.78 is 127. The van der Waals surface area contributed by atoms with Crippen LogP contribution in [0.2, 0.25) is 0 Å². The van der Waals surface area contributed by atoms with E-state index < -0.39 is 426 Å². The van der Waals surface area contributed by atoms with Crippen molar-refractivity contribution in [1.82, 2.24) is 26.6 Å². The van der Waals surface area contributed by atoms with Gasteiger partial charge in [0, 0.05) is 34.6 Å². The van der Waals surface area contributed by atoms with E-state index in [2.05, 4.69) is 26.6 Å². The van der Waals surface area contributed by atoms with Crippen LogP contribution in [0.5, 0.6) is 0 Å². The summed E-state index contributed by atoms with van der Waals surface area (Å²) in [4.78, 5) is 65.4. The first-order chi connectivity index (χ1) is 63.8. The Balaban J connectivity index is 0.959. The van der Waals surface area contributed by atoms with Crippen LogP contribution in [-0.2, 0) is 123 Å². The van der Waals surface area contributed by atoms with Gasteiger partial charge in [0.15, 0.2) is 69.2 Å². The van der Waals surface area contributed by atoms with Crippen molar-refractivity contribution in [2.75, 3.05) is 59.5 Å². The second-order valence-electron chi connectivity index (χ2n) is 34.5. The normalized spacial score (nSPS) is 49.5. The Morgan fingerprint density at radius 2 is 0.481 bits per heavy atom. The van der Waals surface area contributed by atoms with Gasteiger partial charge >= 0.3 is 0 Å². The standard InChI is InChI=1S/C76H127N5O54/c1-17-38(94)49(105)54(110)71(117-17)115-16-32-60(46(102)33(66(114)119-32)77-19(3)89)128-68-35(79-21(5)91)47(103)59(29(13-87)124-68)130-74-57(113)63(44(100)31(127-74)15-116-75-64(52(108)42(98)26(10-84)122-75)134-69-36(80-22(6)92)48(104)58(28(12-86)125-69)129-73-56(112)51(107)41(97)25(9-83)121-73)133-76-65(53(109)43(99)27(11-85)123-76)135-70-37(81-23(7)93)62(132-72-55(111)50(106)39(95)18(2)118-72)61(30(14-88)126-70)131-67-34(78-20(4)90)45(101)40(96)24(8-82)120-67/h17-18,24-76,82-88,94-114H,8-16H2,1-7H3,(H,77,89)(H,78,90)(H,79,91)(H,80,92)(H,81,93)/t17-,18-,24+,25+,26+,27+,28+,29+,30+,31+,32+,33+,34+,35+,36+,37+,38+,39+,40-,41-,42+,43+,44+,45+,46+,47+,48+,49+,50+,51-,52-,53-,54-,55-,56+,57-,58+,59+,60+,61+,62+,63-,64-,65-,66+,67-,68-,69-,70-,71+,72-,73-,74-,75-,76+/m0/s1. The summed E-state index contributed by atoms with van der Waals surface area (Å²) >= 11 is 0. The molecule has 0 aliphatic carbocycles. The molecule has 11 saturated heterocycles. The van der Waals surface area contributed by atoms with Crippen molar-refractivity contribution in [3.8, 4) is 0 Å². The summed E-state index contributed by atoms with van der Waals surface area (Å²) in [6.07, 6.45) is -105. The van der Waals surface area contributed by atoms with Crippen LogP contribution in [0.4, 0.5) is 0 Å². The van der Waals surface area contributed by atoms with Crippen molar-refractivity contribution in [2.45, 2.75) is 386 Å². The van der Waals surface area contributed by atoms with Crippen LogP contribution in [0, 0.1) is 0 Å². The molecule has 0 spiro atoms. The molecule has 11 aliphatic rings. The lowest BCUT2D eigenvalue weighted by atomic mass is 9.93. The van der Waals surface area contributed by atoms with Gasteiger partial charge in [0.1, 0.15) is 256 Å². The lowest BCUT2D eigenvalue weighted by molar-refractivity contribution is -0.402. The van der Waals surface area contributed by atoms with Crippen molar-refractivity contribution < 1.29 is 266 Å². The molecule has 0 aromatic rings.